The van der Waals surface area contributed by atoms with Gasteiger partial charge in [0.05, 0.1) is 0 Å². The molecule has 3 amide bonds. The summed E-state index contributed by atoms with van der Waals surface area (Å²) in [6.07, 6.45) is 0. The number of imide groups is 1. The lowest BCUT2D eigenvalue weighted by molar-refractivity contribution is -0.141. The summed E-state index contributed by atoms with van der Waals surface area (Å²) in [6.45, 7) is 0. The van der Waals surface area contributed by atoms with Gasteiger partial charge < -0.3 is 10.4 Å². The van der Waals surface area contributed by atoms with Crippen molar-refractivity contribution in [2.45, 2.75) is 12.0 Å². The van der Waals surface area contributed by atoms with Crippen molar-refractivity contribution in [1.82, 2.24) is 10.6 Å². The van der Waals surface area contributed by atoms with Crippen LogP contribution < -0.4 is 10.6 Å². The molecule has 0 radical (unpaired) electrons. The highest BCUT2D eigenvalue weighted by Gasteiger charge is 2.40. The first-order chi connectivity index (χ1) is 8.49. The van der Waals surface area contributed by atoms with Crippen LogP contribution in [0.5, 0.6) is 0 Å². The molecule has 0 aliphatic carbocycles. The number of hydrogen-bond acceptors (Lipinski definition) is 3. The molecule has 0 saturated carbocycles. The Kier molecular flexibility index (Phi) is 3.20. The Hall–Kier alpha value is -2.08. The summed E-state index contributed by atoms with van der Waals surface area (Å²) in [5.41, 5.74) is 0.397. The molecule has 18 heavy (non-hydrogen) atoms. The fourth-order valence-corrected chi connectivity index (χ4v) is 1.94. The van der Waals surface area contributed by atoms with Gasteiger partial charge in [-0.1, -0.05) is 23.7 Å². The Morgan fingerprint density at radius 1 is 1.28 bits per heavy atom. The molecule has 1 aliphatic heterocycles. The standard InChI is InChI=1S/C11H9ClN2O4/c12-6-3-1-5(2-4-6)7(10(16)17)8-9(15)14-11(18)13-8/h1-4,7-8H,(H,16,17)(H2,13,14,15,18). The molecular weight excluding hydrogens is 260 g/mol. The number of nitrogens with one attached hydrogen (secondary N) is 2. The molecule has 0 spiro atoms. The number of amides is 3. The summed E-state index contributed by atoms with van der Waals surface area (Å²) in [5.74, 6) is -2.99. The summed E-state index contributed by atoms with van der Waals surface area (Å²) in [7, 11) is 0. The quantitative estimate of drug-likeness (QED) is 0.704. The van der Waals surface area contributed by atoms with Gasteiger partial charge in [0, 0.05) is 5.02 Å². The van der Waals surface area contributed by atoms with E-state index in [1.807, 2.05) is 5.32 Å². The van der Waals surface area contributed by atoms with Gasteiger partial charge in [-0.15, -0.1) is 0 Å². The highest BCUT2D eigenvalue weighted by Crippen LogP contribution is 2.23. The van der Waals surface area contributed by atoms with Gasteiger partial charge >= 0.3 is 12.0 Å². The van der Waals surface area contributed by atoms with E-state index in [4.69, 9.17) is 11.6 Å². The van der Waals surface area contributed by atoms with Gasteiger partial charge in [0.25, 0.3) is 5.91 Å². The zero-order valence-corrected chi connectivity index (χ0v) is 9.77. The second-order valence-electron chi connectivity index (χ2n) is 3.81. The van der Waals surface area contributed by atoms with E-state index in [1.165, 1.54) is 24.3 Å². The van der Waals surface area contributed by atoms with Crippen molar-refractivity contribution >= 4 is 29.5 Å². The molecule has 2 rings (SSSR count). The number of rotatable bonds is 3. The van der Waals surface area contributed by atoms with Crippen molar-refractivity contribution in [3.63, 3.8) is 0 Å². The molecular formula is C11H9ClN2O4. The molecule has 1 aliphatic rings. The summed E-state index contributed by atoms with van der Waals surface area (Å²) in [5, 5.41) is 13.9. The van der Waals surface area contributed by atoms with Crippen molar-refractivity contribution in [3.8, 4) is 0 Å². The number of benzene rings is 1. The third-order valence-electron chi connectivity index (χ3n) is 2.63. The molecule has 1 heterocycles. The van der Waals surface area contributed by atoms with Crippen LogP contribution in [-0.4, -0.2) is 29.1 Å². The topological polar surface area (TPSA) is 95.5 Å². The lowest BCUT2D eigenvalue weighted by Gasteiger charge is -2.17. The van der Waals surface area contributed by atoms with Crippen LogP contribution in [-0.2, 0) is 9.59 Å². The Balaban J connectivity index is 2.34. The van der Waals surface area contributed by atoms with E-state index >= 15 is 0 Å². The van der Waals surface area contributed by atoms with Gasteiger partial charge in [0.1, 0.15) is 12.0 Å². The number of aliphatic carboxylic acids is 1. The van der Waals surface area contributed by atoms with Crippen LogP contribution in [0.25, 0.3) is 0 Å². The van der Waals surface area contributed by atoms with Crippen LogP contribution in [0.2, 0.25) is 5.02 Å². The van der Waals surface area contributed by atoms with E-state index in [0.29, 0.717) is 10.6 Å². The molecule has 7 heteroatoms. The Morgan fingerprint density at radius 3 is 2.33 bits per heavy atom. The minimum atomic E-state index is -1.19. The highest BCUT2D eigenvalue weighted by atomic mass is 35.5. The van der Waals surface area contributed by atoms with Crippen LogP contribution in [0.3, 0.4) is 0 Å². The number of carboxylic acids is 1. The zero-order chi connectivity index (χ0) is 13.3. The van der Waals surface area contributed by atoms with Crippen molar-refractivity contribution in [1.29, 1.82) is 0 Å². The second-order valence-corrected chi connectivity index (χ2v) is 4.24. The summed E-state index contributed by atoms with van der Waals surface area (Å²) in [6, 6.07) is 4.28. The average Bonchev–Trinajstić information content (AvgIpc) is 2.61. The van der Waals surface area contributed by atoms with Gasteiger partial charge in [-0.05, 0) is 17.7 Å². The lowest BCUT2D eigenvalue weighted by atomic mass is 9.91. The predicted octanol–water partition coefficient (Wildman–Crippen LogP) is 0.716. The van der Waals surface area contributed by atoms with Gasteiger partial charge in [-0.2, -0.15) is 0 Å². The van der Waals surface area contributed by atoms with Crippen molar-refractivity contribution in [2.24, 2.45) is 0 Å². The molecule has 0 bridgehead atoms. The fourth-order valence-electron chi connectivity index (χ4n) is 1.81. The molecule has 6 nitrogen and oxygen atoms in total. The van der Waals surface area contributed by atoms with Gasteiger partial charge in [-0.25, -0.2) is 4.79 Å². The van der Waals surface area contributed by atoms with Crippen LogP contribution >= 0.6 is 11.6 Å². The molecule has 1 aromatic rings. The van der Waals surface area contributed by atoms with E-state index in [2.05, 4.69) is 5.32 Å². The summed E-state index contributed by atoms with van der Waals surface area (Å²) in [4.78, 5) is 33.8. The first-order valence-corrected chi connectivity index (χ1v) is 5.46. The zero-order valence-electron chi connectivity index (χ0n) is 9.01. The van der Waals surface area contributed by atoms with E-state index in [-0.39, 0.29) is 0 Å². The number of carboxylic acid groups (broad SMARTS) is 1. The molecule has 2 atom stereocenters. The normalized spacial score (nSPS) is 20.2. The maximum Gasteiger partial charge on any atom is 0.322 e. The van der Waals surface area contributed by atoms with Crippen molar-refractivity contribution in [3.05, 3.63) is 34.9 Å². The second kappa shape index (κ2) is 4.66. The largest absolute Gasteiger partial charge is 0.481 e. The molecule has 2 unspecified atom stereocenters. The Bertz CT molecular complexity index is 514. The third kappa shape index (κ3) is 2.28. The van der Waals surface area contributed by atoms with Crippen LogP contribution in [0.1, 0.15) is 11.5 Å². The smallest absolute Gasteiger partial charge is 0.322 e. The number of carbonyl (C=O) groups is 3. The fraction of sp³-hybridized carbons (Fsp3) is 0.182. The number of hydrogen-bond donors (Lipinski definition) is 3. The number of carbonyl (C=O) groups excluding carboxylic acids is 2. The van der Waals surface area contributed by atoms with E-state index in [9.17, 15) is 19.5 Å². The van der Waals surface area contributed by atoms with Crippen molar-refractivity contribution < 1.29 is 19.5 Å². The number of halogens is 1. The van der Waals surface area contributed by atoms with Gasteiger partial charge in [-0.3, -0.25) is 14.9 Å². The predicted molar refractivity (Wildman–Crippen MR) is 62.3 cm³/mol. The van der Waals surface area contributed by atoms with Gasteiger partial charge in [0.15, 0.2) is 0 Å². The van der Waals surface area contributed by atoms with Crippen LogP contribution in [0.15, 0.2) is 24.3 Å². The molecule has 94 valence electrons. The average molecular weight is 269 g/mol. The van der Waals surface area contributed by atoms with E-state index in [0.717, 1.165) is 0 Å². The van der Waals surface area contributed by atoms with Crippen LogP contribution in [0, 0.1) is 0 Å². The number of urea groups is 1. The van der Waals surface area contributed by atoms with Gasteiger partial charge in [0.2, 0.25) is 0 Å². The van der Waals surface area contributed by atoms with E-state index in [1.54, 1.807) is 0 Å². The maximum atomic E-state index is 11.5. The molecule has 1 aromatic carbocycles. The van der Waals surface area contributed by atoms with Crippen LogP contribution in [0.4, 0.5) is 4.79 Å². The minimum Gasteiger partial charge on any atom is -0.481 e. The SMILES string of the molecule is O=C1NC(=O)C(C(C(=O)O)c2ccc(Cl)cc2)N1. The highest BCUT2D eigenvalue weighted by molar-refractivity contribution is 6.30. The first kappa shape index (κ1) is 12.4. The Labute approximate surface area is 107 Å². The molecule has 3 N–H and O–H groups in total. The molecule has 0 aromatic heterocycles. The monoisotopic (exact) mass is 268 g/mol. The summed E-state index contributed by atoms with van der Waals surface area (Å²) < 4.78 is 0. The minimum absolute atomic E-state index is 0.397. The first-order valence-electron chi connectivity index (χ1n) is 5.08. The summed E-state index contributed by atoms with van der Waals surface area (Å²) >= 11 is 5.71. The third-order valence-corrected chi connectivity index (χ3v) is 2.89. The lowest BCUT2D eigenvalue weighted by Crippen LogP contribution is -2.39. The molecule has 1 saturated heterocycles. The van der Waals surface area contributed by atoms with Crippen molar-refractivity contribution in [2.75, 3.05) is 0 Å². The maximum absolute atomic E-state index is 11.5. The molecule has 1 fully saturated rings. The Morgan fingerprint density at radius 2 is 1.89 bits per heavy atom. The van der Waals surface area contributed by atoms with E-state index < -0.39 is 29.9 Å².